The molecule has 0 unspecified atom stereocenters. The van der Waals surface area contributed by atoms with Gasteiger partial charge in [0.05, 0.1) is 13.2 Å². The molecule has 0 bridgehead atoms. The molecule has 140 valence electrons. The van der Waals surface area contributed by atoms with Crippen molar-refractivity contribution in [2.75, 3.05) is 51.3 Å². The molecule has 1 aliphatic heterocycles. The Balaban J connectivity index is 0.00000312. The van der Waals surface area contributed by atoms with Gasteiger partial charge in [0.25, 0.3) is 0 Å². The van der Waals surface area contributed by atoms with E-state index in [4.69, 9.17) is 4.74 Å². The van der Waals surface area contributed by atoms with Crippen LogP contribution in [0.5, 0.6) is 0 Å². The van der Waals surface area contributed by atoms with Crippen molar-refractivity contribution in [3.8, 4) is 0 Å². The topological polar surface area (TPSA) is 78.0 Å². The van der Waals surface area contributed by atoms with Crippen LogP contribution in [0.4, 0.5) is 5.69 Å². The lowest BCUT2D eigenvalue weighted by molar-refractivity contribution is -0.120. The van der Waals surface area contributed by atoms with E-state index in [1.807, 2.05) is 6.92 Å². The average molecular weight is 461 g/mol. The van der Waals surface area contributed by atoms with Crippen molar-refractivity contribution in [3.63, 3.8) is 0 Å². The molecule has 8 heteroatoms. The van der Waals surface area contributed by atoms with Crippen molar-refractivity contribution < 1.29 is 9.53 Å². The number of carbonyl (C=O) groups is 1. The summed E-state index contributed by atoms with van der Waals surface area (Å²) >= 11 is 0. The lowest BCUT2D eigenvalue weighted by Crippen LogP contribution is -2.47. The summed E-state index contributed by atoms with van der Waals surface area (Å²) in [5.41, 5.74) is 2.24. The van der Waals surface area contributed by atoms with E-state index < -0.39 is 0 Å². The highest BCUT2D eigenvalue weighted by molar-refractivity contribution is 14.0. The monoisotopic (exact) mass is 461 g/mol. The van der Waals surface area contributed by atoms with E-state index in [-0.39, 0.29) is 29.9 Å². The van der Waals surface area contributed by atoms with Crippen LogP contribution in [0.2, 0.25) is 0 Å². The SMILES string of the molecule is CCOCCNC(=NC)NCc1ccc(N2CCNC(=O)C2)cc1.I. The standard InChI is InChI=1S/C17H27N5O2.HI/c1-3-24-11-9-20-17(18-2)21-12-14-4-6-15(7-5-14)22-10-8-19-16(23)13-22;/h4-7H,3,8-13H2,1-2H3,(H,19,23)(H2,18,20,21);1H. The first-order chi connectivity index (χ1) is 11.7. The number of aliphatic imine (C=N–C) groups is 1. The molecule has 0 saturated carbocycles. The van der Waals surface area contributed by atoms with Gasteiger partial charge in [-0.2, -0.15) is 0 Å². The molecule has 0 atom stereocenters. The fraction of sp³-hybridized carbons (Fsp3) is 0.529. The number of nitrogens with zero attached hydrogens (tertiary/aromatic N) is 2. The minimum Gasteiger partial charge on any atom is -0.380 e. The third-order valence-corrected chi connectivity index (χ3v) is 3.77. The number of benzene rings is 1. The van der Waals surface area contributed by atoms with Crippen molar-refractivity contribution in [2.24, 2.45) is 4.99 Å². The number of guanidine groups is 1. The third kappa shape index (κ3) is 7.47. The summed E-state index contributed by atoms with van der Waals surface area (Å²) in [5.74, 6) is 0.834. The summed E-state index contributed by atoms with van der Waals surface area (Å²) in [6, 6.07) is 8.26. The number of amides is 1. The molecule has 0 spiro atoms. The molecule has 0 aliphatic carbocycles. The Morgan fingerprint density at radius 3 is 2.72 bits per heavy atom. The summed E-state index contributed by atoms with van der Waals surface area (Å²) in [5, 5.41) is 9.32. The molecular formula is C17H28IN5O2. The number of halogens is 1. The average Bonchev–Trinajstić information content (AvgIpc) is 2.61. The van der Waals surface area contributed by atoms with Crippen LogP contribution in [0.1, 0.15) is 12.5 Å². The Bertz CT molecular complexity index is 550. The molecule has 3 N–H and O–H groups in total. The smallest absolute Gasteiger partial charge is 0.239 e. The fourth-order valence-corrected chi connectivity index (χ4v) is 2.48. The molecule has 1 fully saturated rings. The maximum atomic E-state index is 11.5. The summed E-state index contributed by atoms with van der Waals surface area (Å²) in [6.45, 7) is 6.75. The normalized spacial score (nSPS) is 14.6. The van der Waals surface area contributed by atoms with Crippen molar-refractivity contribution >= 4 is 41.5 Å². The van der Waals surface area contributed by atoms with Crippen LogP contribution in [0.3, 0.4) is 0 Å². The van der Waals surface area contributed by atoms with Crippen LogP contribution in [0, 0.1) is 0 Å². The molecule has 1 aromatic rings. The molecule has 0 radical (unpaired) electrons. The van der Waals surface area contributed by atoms with Crippen LogP contribution >= 0.6 is 24.0 Å². The van der Waals surface area contributed by atoms with Crippen LogP contribution in [0.15, 0.2) is 29.3 Å². The highest BCUT2D eigenvalue weighted by atomic mass is 127. The van der Waals surface area contributed by atoms with E-state index >= 15 is 0 Å². The molecule has 7 nitrogen and oxygen atoms in total. The molecule has 1 saturated heterocycles. The molecule has 1 aromatic carbocycles. The number of nitrogens with one attached hydrogen (secondary N) is 3. The van der Waals surface area contributed by atoms with E-state index in [1.165, 1.54) is 0 Å². The molecule has 1 amide bonds. The zero-order valence-electron chi connectivity index (χ0n) is 14.9. The Morgan fingerprint density at radius 2 is 2.08 bits per heavy atom. The van der Waals surface area contributed by atoms with Gasteiger partial charge in [0.15, 0.2) is 5.96 Å². The van der Waals surface area contributed by atoms with Crippen molar-refractivity contribution in [3.05, 3.63) is 29.8 Å². The summed E-state index contributed by atoms with van der Waals surface area (Å²) in [7, 11) is 1.75. The molecule has 1 heterocycles. The van der Waals surface area contributed by atoms with E-state index in [2.05, 4.69) is 50.1 Å². The molecule has 2 rings (SSSR count). The van der Waals surface area contributed by atoms with Gasteiger partial charge < -0.3 is 25.6 Å². The first-order valence-corrected chi connectivity index (χ1v) is 8.35. The zero-order chi connectivity index (χ0) is 17.2. The first kappa shape index (κ1) is 21.5. The third-order valence-electron chi connectivity index (χ3n) is 3.77. The summed E-state index contributed by atoms with van der Waals surface area (Å²) in [4.78, 5) is 17.7. The zero-order valence-corrected chi connectivity index (χ0v) is 17.2. The van der Waals surface area contributed by atoms with Crippen LogP contribution < -0.4 is 20.9 Å². The molecule has 0 aromatic heterocycles. The van der Waals surface area contributed by atoms with Crippen molar-refractivity contribution in [1.82, 2.24) is 16.0 Å². The number of anilines is 1. The highest BCUT2D eigenvalue weighted by Gasteiger charge is 2.16. The Morgan fingerprint density at radius 1 is 1.32 bits per heavy atom. The first-order valence-electron chi connectivity index (χ1n) is 8.35. The van der Waals surface area contributed by atoms with Gasteiger partial charge in [-0.1, -0.05) is 12.1 Å². The minimum atomic E-state index is 0. The summed E-state index contributed by atoms with van der Waals surface area (Å²) in [6.07, 6.45) is 0. The largest absolute Gasteiger partial charge is 0.380 e. The second kappa shape index (κ2) is 11.9. The molecule has 1 aliphatic rings. The van der Waals surface area contributed by atoms with Gasteiger partial charge in [-0.05, 0) is 24.6 Å². The van der Waals surface area contributed by atoms with Gasteiger partial charge in [0, 0.05) is 45.5 Å². The number of hydrogen-bond acceptors (Lipinski definition) is 4. The van der Waals surface area contributed by atoms with Crippen LogP contribution in [-0.4, -0.2) is 58.3 Å². The van der Waals surface area contributed by atoms with Crippen LogP contribution in [0.25, 0.3) is 0 Å². The van der Waals surface area contributed by atoms with Gasteiger partial charge in [0.1, 0.15) is 0 Å². The Hall–Kier alpha value is -1.55. The number of rotatable bonds is 7. The lowest BCUT2D eigenvalue weighted by Gasteiger charge is -2.28. The van der Waals surface area contributed by atoms with Gasteiger partial charge in [0.2, 0.25) is 5.91 Å². The maximum absolute atomic E-state index is 11.5. The fourth-order valence-electron chi connectivity index (χ4n) is 2.48. The van der Waals surface area contributed by atoms with Crippen LogP contribution in [-0.2, 0) is 16.1 Å². The van der Waals surface area contributed by atoms with E-state index in [9.17, 15) is 4.79 Å². The number of piperazine rings is 1. The Labute approximate surface area is 166 Å². The minimum absolute atomic E-state index is 0. The Kier molecular flexibility index (Phi) is 10.2. The highest BCUT2D eigenvalue weighted by Crippen LogP contribution is 2.15. The quantitative estimate of drug-likeness (QED) is 0.244. The second-order valence-corrected chi connectivity index (χ2v) is 5.49. The van der Waals surface area contributed by atoms with E-state index in [0.717, 1.165) is 36.9 Å². The molecule has 25 heavy (non-hydrogen) atoms. The van der Waals surface area contributed by atoms with E-state index in [0.29, 0.717) is 26.2 Å². The second-order valence-electron chi connectivity index (χ2n) is 5.49. The number of carbonyl (C=O) groups excluding carboxylic acids is 1. The lowest BCUT2D eigenvalue weighted by atomic mass is 10.2. The van der Waals surface area contributed by atoms with Crippen molar-refractivity contribution in [1.29, 1.82) is 0 Å². The predicted octanol–water partition coefficient (Wildman–Crippen LogP) is 0.942. The number of ether oxygens (including phenoxy) is 1. The predicted molar refractivity (Wildman–Crippen MR) is 112 cm³/mol. The van der Waals surface area contributed by atoms with Gasteiger partial charge in [-0.3, -0.25) is 9.79 Å². The van der Waals surface area contributed by atoms with Crippen molar-refractivity contribution in [2.45, 2.75) is 13.5 Å². The summed E-state index contributed by atoms with van der Waals surface area (Å²) < 4.78 is 5.29. The van der Waals surface area contributed by atoms with Gasteiger partial charge in [-0.15, -0.1) is 24.0 Å². The van der Waals surface area contributed by atoms with Gasteiger partial charge in [-0.25, -0.2) is 0 Å². The number of hydrogen-bond donors (Lipinski definition) is 3. The maximum Gasteiger partial charge on any atom is 0.239 e. The van der Waals surface area contributed by atoms with E-state index in [1.54, 1.807) is 7.05 Å². The van der Waals surface area contributed by atoms with Gasteiger partial charge >= 0.3 is 0 Å². The molecular weight excluding hydrogens is 433 g/mol.